The summed E-state index contributed by atoms with van der Waals surface area (Å²) in [6.45, 7) is 4.93. The van der Waals surface area contributed by atoms with Crippen LogP contribution in [0.2, 0.25) is 0 Å². The van der Waals surface area contributed by atoms with Gasteiger partial charge in [-0.3, -0.25) is 9.35 Å². The maximum Gasteiger partial charge on any atom is 0.266 e. The zero-order chi connectivity index (χ0) is 10.5. The summed E-state index contributed by atoms with van der Waals surface area (Å²) < 4.78 is 29.4. The van der Waals surface area contributed by atoms with Gasteiger partial charge in [-0.25, -0.2) is 0 Å². The molecule has 0 aliphatic rings. The van der Waals surface area contributed by atoms with E-state index in [1.807, 2.05) is 0 Å². The molecule has 0 fully saturated rings. The number of carbonyl (C=O) groups is 1. The highest BCUT2D eigenvalue weighted by Gasteiger charge is 2.15. The van der Waals surface area contributed by atoms with Crippen LogP contribution < -0.4 is 5.32 Å². The van der Waals surface area contributed by atoms with Crippen LogP contribution in [0.3, 0.4) is 0 Å². The minimum absolute atomic E-state index is 0.430. The van der Waals surface area contributed by atoms with Gasteiger partial charge in [0.1, 0.15) is 0 Å². The Morgan fingerprint density at radius 3 is 2.54 bits per heavy atom. The van der Waals surface area contributed by atoms with Gasteiger partial charge in [-0.15, -0.1) is 0 Å². The summed E-state index contributed by atoms with van der Waals surface area (Å²) in [7, 11) is -4.04. The van der Waals surface area contributed by atoms with E-state index in [0.717, 1.165) is 6.08 Å². The SMILES string of the molecule is C=CC(=O)NC(CC)CS(=O)(=O)O. The average Bonchev–Trinajstić information content (AvgIpc) is 2.00. The second-order valence-corrected chi connectivity index (χ2v) is 4.06. The van der Waals surface area contributed by atoms with Gasteiger partial charge in [0.05, 0.1) is 5.75 Å². The summed E-state index contributed by atoms with van der Waals surface area (Å²) in [5.74, 6) is -0.918. The number of rotatable bonds is 5. The lowest BCUT2D eigenvalue weighted by Gasteiger charge is -2.13. The van der Waals surface area contributed by atoms with Gasteiger partial charge < -0.3 is 5.32 Å². The van der Waals surface area contributed by atoms with Crippen LogP contribution in [0.1, 0.15) is 13.3 Å². The third-order valence-electron chi connectivity index (χ3n) is 1.44. The van der Waals surface area contributed by atoms with Gasteiger partial charge in [-0.05, 0) is 12.5 Å². The molecule has 0 saturated carbocycles. The molecule has 13 heavy (non-hydrogen) atoms. The van der Waals surface area contributed by atoms with Crippen LogP contribution >= 0.6 is 0 Å². The van der Waals surface area contributed by atoms with Crippen LogP contribution in [0, 0.1) is 0 Å². The third-order valence-corrected chi connectivity index (χ3v) is 2.26. The van der Waals surface area contributed by atoms with Crippen LogP contribution in [0.15, 0.2) is 12.7 Å². The fourth-order valence-electron chi connectivity index (χ4n) is 0.776. The molecule has 0 aromatic carbocycles. The summed E-state index contributed by atoms with van der Waals surface area (Å²) >= 11 is 0. The molecule has 5 nitrogen and oxygen atoms in total. The lowest BCUT2D eigenvalue weighted by molar-refractivity contribution is -0.117. The Hall–Kier alpha value is -0.880. The number of amides is 1. The first-order chi connectivity index (χ1) is 5.89. The molecular formula is C7H13NO4S. The van der Waals surface area contributed by atoms with Crippen LogP contribution in [0.4, 0.5) is 0 Å². The molecule has 0 heterocycles. The first kappa shape index (κ1) is 12.1. The van der Waals surface area contributed by atoms with Gasteiger partial charge in [0.25, 0.3) is 10.1 Å². The number of carbonyl (C=O) groups excluding carboxylic acids is 1. The van der Waals surface area contributed by atoms with Crippen LogP contribution in [0.5, 0.6) is 0 Å². The van der Waals surface area contributed by atoms with Crippen molar-refractivity contribution in [3.05, 3.63) is 12.7 Å². The van der Waals surface area contributed by atoms with E-state index < -0.39 is 27.8 Å². The molecule has 0 radical (unpaired) electrons. The second-order valence-electron chi connectivity index (χ2n) is 2.57. The Balaban J connectivity index is 4.20. The Morgan fingerprint density at radius 2 is 2.23 bits per heavy atom. The normalized spacial score (nSPS) is 13.4. The molecule has 0 aromatic rings. The molecule has 0 saturated heterocycles. The minimum atomic E-state index is -4.04. The Labute approximate surface area is 77.6 Å². The van der Waals surface area contributed by atoms with Gasteiger partial charge in [0.2, 0.25) is 5.91 Å². The van der Waals surface area contributed by atoms with Gasteiger partial charge in [-0.2, -0.15) is 8.42 Å². The molecule has 0 rings (SSSR count). The zero-order valence-corrected chi connectivity index (χ0v) is 8.17. The smallest absolute Gasteiger partial charge is 0.266 e. The maximum absolute atomic E-state index is 10.8. The summed E-state index contributed by atoms with van der Waals surface area (Å²) in [6.07, 6.45) is 1.48. The van der Waals surface area contributed by atoms with Gasteiger partial charge >= 0.3 is 0 Å². The minimum Gasteiger partial charge on any atom is -0.349 e. The standard InChI is InChI=1S/C7H13NO4S/c1-3-6(5-13(10,11)12)8-7(9)4-2/h4,6H,2-3,5H2,1H3,(H,8,9)(H,10,11,12). The molecule has 1 unspecified atom stereocenters. The first-order valence-electron chi connectivity index (χ1n) is 3.77. The van der Waals surface area contributed by atoms with Crippen molar-refractivity contribution in [1.29, 1.82) is 0 Å². The van der Waals surface area contributed by atoms with Crippen molar-refractivity contribution in [3.63, 3.8) is 0 Å². The van der Waals surface area contributed by atoms with Crippen molar-refractivity contribution in [2.45, 2.75) is 19.4 Å². The summed E-state index contributed by atoms with van der Waals surface area (Å²) in [4.78, 5) is 10.8. The van der Waals surface area contributed by atoms with E-state index in [2.05, 4.69) is 11.9 Å². The highest BCUT2D eigenvalue weighted by molar-refractivity contribution is 7.85. The largest absolute Gasteiger partial charge is 0.349 e. The maximum atomic E-state index is 10.8. The van der Waals surface area contributed by atoms with Crippen molar-refractivity contribution in [2.75, 3.05) is 5.75 Å². The summed E-state index contributed by atoms with van der Waals surface area (Å²) in [5, 5.41) is 2.38. The fourth-order valence-corrected chi connectivity index (χ4v) is 1.60. The molecule has 6 heteroatoms. The highest BCUT2D eigenvalue weighted by atomic mass is 32.2. The van der Waals surface area contributed by atoms with E-state index in [4.69, 9.17) is 4.55 Å². The van der Waals surface area contributed by atoms with Gasteiger partial charge in [-0.1, -0.05) is 13.5 Å². The molecule has 0 aliphatic carbocycles. The van der Waals surface area contributed by atoms with E-state index in [1.54, 1.807) is 6.92 Å². The highest BCUT2D eigenvalue weighted by Crippen LogP contribution is 1.95. The van der Waals surface area contributed by atoms with E-state index in [-0.39, 0.29) is 0 Å². The van der Waals surface area contributed by atoms with Gasteiger partial charge in [0.15, 0.2) is 0 Å². The second kappa shape index (κ2) is 4.98. The predicted octanol–water partition coefficient (Wildman–Crippen LogP) is -0.0450. The van der Waals surface area contributed by atoms with Crippen molar-refractivity contribution < 1.29 is 17.8 Å². The van der Waals surface area contributed by atoms with E-state index in [1.165, 1.54) is 0 Å². The Bertz CT molecular complexity index is 283. The molecular weight excluding hydrogens is 194 g/mol. The quantitative estimate of drug-likeness (QED) is 0.489. The topological polar surface area (TPSA) is 83.5 Å². The Morgan fingerprint density at radius 1 is 1.69 bits per heavy atom. The van der Waals surface area contributed by atoms with Gasteiger partial charge in [0, 0.05) is 6.04 Å². The molecule has 1 atom stereocenters. The van der Waals surface area contributed by atoms with Crippen LogP contribution in [-0.4, -0.2) is 30.7 Å². The zero-order valence-electron chi connectivity index (χ0n) is 7.36. The summed E-state index contributed by atoms with van der Waals surface area (Å²) in [6, 6.07) is -0.569. The van der Waals surface area contributed by atoms with E-state index in [9.17, 15) is 13.2 Å². The molecule has 1 amide bonds. The average molecular weight is 207 g/mol. The van der Waals surface area contributed by atoms with E-state index in [0.29, 0.717) is 6.42 Å². The Kier molecular flexibility index (Phi) is 4.64. The van der Waals surface area contributed by atoms with Crippen molar-refractivity contribution in [2.24, 2.45) is 0 Å². The third kappa shape index (κ3) is 6.30. The van der Waals surface area contributed by atoms with Crippen LogP contribution in [0.25, 0.3) is 0 Å². The molecule has 0 aliphatic heterocycles. The van der Waals surface area contributed by atoms with Crippen molar-refractivity contribution in [1.82, 2.24) is 5.32 Å². The lowest BCUT2D eigenvalue weighted by atomic mass is 10.2. The number of hydrogen-bond acceptors (Lipinski definition) is 3. The fraction of sp³-hybridized carbons (Fsp3) is 0.571. The van der Waals surface area contributed by atoms with E-state index >= 15 is 0 Å². The molecule has 0 bridgehead atoms. The summed E-state index contributed by atoms with van der Waals surface area (Å²) in [5.41, 5.74) is 0. The molecule has 0 aromatic heterocycles. The lowest BCUT2D eigenvalue weighted by Crippen LogP contribution is -2.38. The van der Waals surface area contributed by atoms with Crippen molar-refractivity contribution in [3.8, 4) is 0 Å². The molecule has 76 valence electrons. The number of nitrogens with one attached hydrogen (secondary N) is 1. The van der Waals surface area contributed by atoms with Crippen LogP contribution in [-0.2, 0) is 14.9 Å². The van der Waals surface area contributed by atoms with Crippen molar-refractivity contribution >= 4 is 16.0 Å². The first-order valence-corrected chi connectivity index (χ1v) is 5.38. The monoisotopic (exact) mass is 207 g/mol. The predicted molar refractivity (Wildman–Crippen MR) is 48.8 cm³/mol. The molecule has 2 N–H and O–H groups in total. The molecule has 0 spiro atoms. The number of hydrogen-bond donors (Lipinski definition) is 2.